The zero-order valence-corrected chi connectivity index (χ0v) is 14.0. The van der Waals surface area contributed by atoms with Crippen molar-refractivity contribution in [3.05, 3.63) is 47.7 Å². The number of rotatable bonds is 4. The number of hydrogen-bond donors (Lipinski definition) is 1. The Kier molecular flexibility index (Phi) is 4.44. The maximum atomic E-state index is 4.17. The molecule has 0 amide bonds. The molecule has 5 heteroatoms. The first kappa shape index (κ1) is 14.4. The molecule has 4 nitrogen and oxygen atoms in total. The second-order valence-electron chi connectivity index (χ2n) is 5.53. The Morgan fingerprint density at radius 2 is 2.14 bits per heavy atom. The van der Waals surface area contributed by atoms with Crippen molar-refractivity contribution >= 4 is 28.4 Å². The van der Waals surface area contributed by atoms with E-state index < -0.39 is 0 Å². The normalized spacial score (nSPS) is 18.0. The van der Waals surface area contributed by atoms with Crippen LogP contribution in [0.2, 0.25) is 4.71 Å². The van der Waals surface area contributed by atoms with E-state index in [0.717, 1.165) is 31.1 Å². The van der Waals surface area contributed by atoms with Gasteiger partial charge in [-0.1, -0.05) is 0 Å². The molecule has 1 saturated heterocycles. The molecule has 2 heterocycles. The maximum absolute atomic E-state index is 4.17. The number of anilines is 2. The van der Waals surface area contributed by atoms with E-state index in [1.807, 2.05) is 6.20 Å². The quantitative estimate of drug-likeness (QED) is 0.867. The van der Waals surface area contributed by atoms with Gasteiger partial charge in [0, 0.05) is 0 Å². The van der Waals surface area contributed by atoms with Gasteiger partial charge >= 0.3 is 127 Å². The van der Waals surface area contributed by atoms with Crippen LogP contribution >= 0.6 is 0 Å². The Morgan fingerprint density at radius 1 is 1.33 bits per heavy atom. The van der Waals surface area contributed by atoms with Crippen LogP contribution < -0.4 is 10.2 Å². The van der Waals surface area contributed by atoms with E-state index in [1.54, 1.807) is 0 Å². The van der Waals surface area contributed by atoms with Gasteiger partial charge in [-0.3, -0.25) is 0 Å². The van der Waals surface area contributed by atoms with Crippen molar-refractivity contribution in [1.82, 2.24) is 10.2 Å². The standard InChI is InChI=1S/C16H19AsN4/c1-12-2-4-13(5-3-12)9-18-16-8-15(10-19-20-16)21-7-6-14(17)11-21/h2-5,8,10,14H,6-7,9,11H2,1H3,(H,18,20)/t14-/m1/s1. The third-order valence-corrected chi connectivity index (χ3v) is 4.65. The number of nitrogens with zero attached hydrogens (tertiary/aromatic N) is 3. The van der Waals surface area contributed by atoms with Gasteiger partial charge in [0.05, 0.1) is 0 Å². The molecule has 0 aliphatic carbocycles. The molecule has 21 heavy (non-hydrogen) atoms. The van der Waals surface area contributed by atoms with Gasteiger partial charge in [0.25, 0.3) is 0 Å². The average Bonchev–Trinajstić information content (AvgIpc) is 2.94. The molecule has 0 unspecified atom stereocenters. The SMILES string of the molecule is Cc1ccc(CNc2cc(N3CC[C@@H]([As])C3)cnn2)cc1. The second-order valence-corrected chi connectivity index (χ2v) is 7.06. The van der Waals surface area contributed by atoms with E-state index in [1.165, 1.54) is 17.5 Å². The predicted octanol–water partition coefficient (Wildman–Crippen LogP) is 2.56. The van der Waals surface area contributed by atoms with E-state index in [2.05, 4.69) is 74.5 Å². The Morgan fingerprint density at radius 3 is 2.86 bits per heavy atom. The van der Waals surface area contributed by atoms with E-state index in [9.17, 15) is 0 Å². The van der Waals surface area contributed by atoms with Crippen LogP contribution in [-0.4, -0.2) is 40.1 Å². The Labute approximate surface area is 134 Å². The summed E-state index contributed by atoms with van der Waals surface area (Å²) >= 11 is 2.75. The van der Waals surface area contributed by atoms with Crippen LogP contribution in [0.4, 0.5) is 11.5 Å². The number of aryl methyl sites for hydroxylation is 1. The fourth-order valence-electron chi connectivity index (χ4n) is 2.49. The van der Waals surface area contributed by atoms with E-state index in [0.29, 0.717) is 4.71 Å². The van der Waals surface area contributed by atoms with Crippen molar-refractivity contribution in [2.24, 2.45) is 0 Å². The summed E-state index contributed by atoms with van der Waals surface area (Å²) in [5, 5.41) is 11.6. The molecule has 1 atom stereocenters. The zero-order valence-electron chi connectivity index (χ0n) is 12.2. The van der Waals surface area contributed by atoms with E-state index in [-0.39, 0.29) is 0 Å². The number of nitrogens with one attached hydrogen (secondary N) is 1. The van der Waals surface area contributed by atoms with Crippen molar-refractivity contribution in [2.75, 3.05) is 23.3 Å². The molecular weight excluding hydrogens is 323 g/mol. The molecule has 0 saturated carbocycles. The number of hydrogen-bond acceptors (Lipinski definition) is 4. The summed E-state index contributed by atoms with van der Waals surface area (Å²) < 4.78 is 0.703. The molecule has 1 N–H and O–H groups in total. The first-order chi connectivity index (χ1) is 10.2. The van der Waals surface area contributed by atoms with Crippen LogP contribution in [0.25, 0.3) is 0 Å². The molecule has 0 spiro atoms. The Balaban J connectivity index is 1.64. The van der Waals surface area contributed by atoms with Crippen LogP contribution in [0.5, 0.6) is 0 Å². The van der Waals surface area contributed by atoms with Gasteiger partial charge < -0.3 is 0 Å². The Bertz CT molecular complexity index is 599. The summed E-state index contributed by atoms with van der Waals surface area (Å²) in [7, 11) is 0. The van der Waals surface area contributed by atoms with Crippen LogP contribution in [0.15, 0.2) is 36.5 Å². The zero-order chi connectivity index (χ0) is 14.7. The molecule has 1 fully saturated rings. The van der Waals surface area contributed by atoms with E-state index in [4.69, 9.17) is 0 Å². The monoisotopic (exact) mass is 342 g/mol. The minimum absolute atomic E-state index is 0.703. The second kappa shape index (κ2) is 6.48. The van der Waals surface area contributed by atoms with Crippen molar-refractivity contribution < 1.29 is 0 Å². The first-order valence-corrected chi connectivity index (χ1v) is 8.34. The molecule has 2 aromatic rings. The fourth-order valence-corrected chi connectivity index (χ4v) is 3.15. The molecule has 2 radical (unpaired) electrons. The van der Waals surface area contributed by atoms with Crippen molar-refractivity contribution in [3.8, 4) is 0 Å². The molecule has 1 aromatic carbocycles. The summed E-state index contributed by atoms with van der Waals surface area (Å²) in [6.45, 7) is 5.05. The summed E-state index contributed by atoms with van der Waals surface area (Å²) in [5.74, 6) is 0.835. The molecule has 0 bridgehead atoms. The van der Waals surface area contributed by atoms with Crippen LogP contribution in [0.1, 0.15) is 17.5 Å². The number of benzene rings is 1. The molecule has 1 aliphatic rings. The summed E-state index contributed by atoms with van der Waals surface area (Å²) in [4.78, 5) is 2.37. The average molecular weight is 342 g/mol. The van der Waals surface area contributed by atoms with Crippen LogP contribution in [0.3, 0.4) is 0 Å². The van der Waals surface area contributed by atoms with Crippen molar-refractivity contribution in [2.45, 2.75) is 24.6 Å². The molecule has 108 valence electrons. The fraction of sp³-hybridized carbons (Fsp3) is 0.375. The summed E-state index contributed by atoms with van der Waals surface area (Å²) in [6.07, 6.45) is 3.08. The first-order valence-electron chi connectivity index (χ1n) is 7.26. The van der Waals surface area contributed by atoms with Gasteiger partial charge in [0.2, 0.25) is 0 Å². The van der Waals surface area contributed by atoms with Gasteiger partial charge in [-0.2, -0.15) is 0 Å². The van der Waals surface area contributed by atoms with Crippen LogP contribution in [0, 0.1) is 6.92 Å². The molecule has 1 aliphatic heterocycles. The molecule has 1 aromatic heterocycles. The predicted molar refractivity (Wildman–Crippen MR) is 86.9 cm³/mol. The van der Waals surface area contributed by atoms with Gasteiger partial charge in [0.1, 0.15) is 0 Å². The minimum atomic E-state index is 0.703. The Hall–Kier alpha value is -1.54. The number of aromatic nitrogens is 2. The van der Waals surface area contributed by atoms with E-state index >= 15 is 0 Å². The third-order valence-electron chi connectivity index (χ3n) is 3.76. The van der Waals surface area contributed by atoms with Gasteiger partial charge in [-0.25, -0.2) is 0 Å². The van der Waals surface area contributed by atoms with Gasteiger partial charge in [-0.05, 0) is 6.92 Å². The van der Waals surface area contributed by atoms with Gasteiger partial charge in [-0.15, -0.1) is 0 Å². The van der Waals surface area contributed by atoms with Crippen molar-refractivity contribution in [1.29, 1.82) is 0 Å². The van der Waals surface area contributed by atoms with Crippen molar-refractivity contribution in [3.63, 3.8) is 0 Å². The molecular formula is C16H19AsN4. The summed E-state index contributed by atoms with van der Waals surface area (Å²) in [5.41, 5.74) is 3.69. The van der Waals surface area contributed by atoms with Crippen LogP contribution in [-0.2, 0) is 6.54 Å². The topological polar surface area (TPSA) is 41.0 Å². The molecule has 3 rings (SSSR count). The summed E-state index contributed by atoms with van der Waals surface area (Å²) in [6, 6.07) is 10.6. The van der Waals surface area contributed by atoms with Gasteiger partial charge in [0.15, 0.2) is 0 Å². The third kappa shape index (κ3) is 3.76.